The lowest BCUT2D eigenvalue weighted by molar-refractivity contribution is 0.0573. The van der Waals surface area contributed by atoms with Gasteiger partial charge < -0.3 is 0 Å². The highest BCUT2D eigenvalue weighted by molar-refractivity contribution is 8.13. The van der Waals surface area contributed by atoms with Crippen molar-refractivity contribution >= 4 is 25.7 Å². The molecule has 13 heavy (non-hydrogen) atoms. The Morgan fingerprint density at radius 1 is 1.15 bits per heavy atom. The van der Waals surface area contributed by atoms with Gasteiger partial charge >= 0.3 is 5.97 Å². The number of halogens is 1. The van der Waals surface area contributed by atoms with Crippen molar-refractivity contribution in [1.82, 2.24) is 0 Å². The zero-order valence-electron chi connectivity index (χ0n) is 6.23. The molecule has 0 fully saturated rings. The highest BCUT2D eigenvalue weighted by Gasteiger charge is 2.11. The van der Waals surface area contributed by atoms with E-state index in [1.165, 1.54) is 0 Å². The van der Waals surface area contributed by atoms with E-state index >= 15 is 0 Å². The Morgan fingerprint density at radius 3 is 1.92 bits per heavy atom. The first-order valence-electron chi connectivity index (χ1n) is 3.17. The maximum absolute atomic E-state index is 10.7. The molecule has 6 heteroatoms. The molecular weight excluding hydrogens is 216 g/mol. The maximum Gasteiger partial charge on any atom is 0.386 e. The van der Waals surface area contributed by atoms with E-state index in [0.717, 1.165) is 24.3 Å². The molecule has 0 saturated carbocycles. The van der Waals surface area contributed by atoms with E-state index in [9.17, 15) is 18.3 Å². The van der Waals surface area contributed by atoms with Gasteiger partial charge in [0.2, 0.25) is 0 Å². The molecule has 0 aliphatic heterocycles. The predicted octanol–water partition coefficient (Wildman–Crippen LogP) is 1.18. The Bertz CT molecular complexity index is 420. The van der Waals surface area contributed by atoms with Gasteiger partial charge in [0.05, 0.1) is 10.5 Å². The molecule has 1 aromatic carbocycles. The third-order valence-electron chi connectivity index (χ3n) is 1.37. The molecule has 0 unspecified atom stereocenters. The number of benzene rings is 1. The average molecular weight is 220 g/mol. The first-order chi connectivity index (χ1) is 5.91. The second kappa shape index (κ2) is 3.35. The molecule has 4 nitrogen and oxygen atoms in total. The molecule has 0 N–H and O–H groups in total. The Morgan fingerprint density at radius 2 is 1.62 bits per heavy atom. The monoisotopic (exact) mass is 219 g/mol. The number of hydrogen-bond donors (Lipinski definition) is 0. The summed E-state index contributed by atoms with van der Waals surface area (Å²) in [5.74, 6) is -1.36. The Balaban J connectivity index is 3.16. The molecule has 69 valence electrons. The molecule has 0 heterocycles. The summed E-state index contributed by atoms with van der Waals surface area (Å²) in [6.45, 7) is 0. The zero-order chi connectivity index (χ0) is 10.1. The third kappa shape index (κ3) is 2.43. The van der Waals surface area contributed by atoms with Gasteiger partial charge in [-0.1, -0.05) is 0 Å². The maximum atomic E-state index is 10.7. The van der Waals surface area contributed by atoms with Crippen molar-refractivity contribution in [3.8, 4) is 0 Å². The van der Waals surface area contributed by atoms with Crippen molar-refractivity contribution < 1.29 is 18.3 Å². The number of hydrogen-bond acceptors (Lipinski definition) is 3. The summed E-state index contributed by atoms with van der Waals surface area (Å²) in [5, 5.41) is 10.3. The highest BCUT2D eigenvalue weighted by atomic mass is 35.7. The fraction of sp³-hybridized carbons (Fsp3) is 0. The normalized spacial score (nSPS) is 11.2. The quantitative estimate of drug-likeness (QED) is 0.702. The van der Waals surface area contributed by atoms with Gasteiger partial charge in [-0.15, -0.1) is 0 Å². The summed E-state index contributed by atoms with van der Waals surface area (Å²) in [6, 6.07) is 4.44. The van der Waals surface area contributed by atoms with Crippen molar-refractivity contribution in [2.45, 2.75) is 4.90 Å². The molecule has 0 bridgehead atoms. The van der Waals surface area contributed by atoms with Crippen molar-refractivity contribution in [3.05, 3.63) is 29.8 Å². The summed E-state index contributed by atoms with van der Waals surface area (Å²) < 4.78 is 21.4. The van der Waals surface area contributed by atoms with Gasteiger partial charge in [0.25, 0.3) is 9.05 Å². The van der Waals surface area contributed by atoms with Crippen molar-refractivity contribution in [2.24, 2.45) is 0 Å². The van der Waals surface area contributed by atoms with Gasteiger partial charge in [0.15, 0.2) is 0 Å². The van der Waals surface area contributed by atoms with Crippen LogP contribution in [0.3, 0.4) is 0 Å². The molecule has 0 atom stereocenters. The third-order valence-corrected chi connectivity index (χ3v) is 2.74. The summed E-state index contributed by atoms with van der Waals surface area (Å²) in [5.41, 5.74) is -0.0935. The lowest BCUT2D eigenvalue weighted by atomic mass is 10.2. The molecule has 0 saturated heterocycles. The lowest BCUT2D eigenvalue weighted by Crippen LogP contribution is -1.95. The fourth-order valence-corrected chi connectivity index (χ4v) is 1.52. The minimum atomic E-state index is -3.79. The summed E-state index contributed by atoms with van der Waals surface area (Å²) >= 11 is 0. The van der Waals surface area contributed by atoms with E-state index in [1.54, 1.807) is 0 Å². The van der Waals surface area contributed by atoms with Crippen LogP contribution in [0.15, 0.2) is 29.2 Å². The zero-order valence-corrected chi connectivity index (χ0v) is 7.80. The van der Waals surface area contributed by atoms with Gasteiger partial charge in [-0.3, -0.25) is 0 Å². The number of rotatable bonds is 2. The van der Waals surface area contributed by atoms with E-state index in [4.69, 9.17) is 10.7 Å². The second-order valence-corrected chi connectivity index (χ2v) is 4.82. The van der Waals surface area contributed by atoms with Crippen molar-refractivity contribution in [1.29, 1.82) is 0 Å². The summed E-state index contributed by atoms with van der Waals surface area (Å²) in [4.78, 5) is 10.1. The molecule has 0 spiro atoms. The molecule has 0 aliphatic carbocycles. The van der Waals surface area contributed by atoms with Crippen LogP contribution < -0.4 is 0 Å². The van der Waals surface area contributed by atoms with Crippen LogP contribution in [0.2, 0.25) is 0 Å². The minimum Gasteiger partial charge on any atom is -0.242 e. The molecule has 0 aromatic heterocycles. The Hall–Kier alpha value is -1.07. The van der Waals surface area contributed by atoms with Crippen molar-refractivity contribution in [3.63, 3.8) is 0 Å². The predicted molar refractivity (Wildman–Crippen MR) is 44.5 cm³/mol. The SMILES string of the molecule is [O]C(=O)c1ccc(S(=O)(=O)Cl)cc1. The first-order valence-corrected chi connectivity index (χ1v) is 5.48. The van der Waals surface area contributed by atoms with E-state index in [0.29, 0.717) is 0 Å². The van der Waals surface area contributed by atoms with E-state index in [1.807, 2.05) is 0 Å². The second-order valence-electron chi connectivity index (χ2n) is 2.25. The Labute approximate surface area is 79.2 Å². The van der Waals surface area contributed by atoms with Gasteiger partial charge in [-0.2, -0.15) is 0 Å². The van der Waals surface area contributed by atoms with Crippen LogP contribution in [-0.4, -0.2) is 14.4 Å². The first kappa shape index (κ1) is 10.0. The molecular formula is C7H4ClO4S. The minimum absolute atomic E-state index is 0.0935. The van der Waals surface area contributed by atoms with E-state index < -0.39 is 15.0 Å². The molecule has 1 radical (unpaired) electrons. The van der Waals surface area contributed by atoms with Crippen LogP contribution in [0.4, 0.5) is 0 Å². The average Bonchev–Trinajstić information content (AvgIpc) is 2.03. The molecule has 0 aliphatic rings. The van der Waals surface area contributed by atoms with Crippen molar-refractivity contribution in [2.75, 3.05) is 0 Å². The largest absolute Gasteiger partial charge is 0.386 e. The standard InChI is InChI=1S/C7H4ClO4S/c8-13(11,12)6-3-1-5(2-4-6)7(9)10/h1-4H. The number of carbonyl (C=O) groups is 1. The molecule has 1 rings (SSSR count). The van der Waals surface area contributed by atoms with Gasteiger partial charge in [0, 0.05) is 10.7 Å². The highest BCUT2D eigenvalue weighted by Crippen LogP contribution is 2.15. The van der Waals surface area contributed by atoms with E-state index in [-0.39, 0.29) is 10.5 Å². The topological polar surface area (TPSA) is 71.1 Å². The molecule has 1 aromatic rings. The fourth-order valence-electron chi connectivity index (χ4n) is 0.754. The van der Waals surface area contributed by atoms with Crippen LogP contribution in [0, 0.1) is 0 Å². The smallest absolute Gasteiger partial charge is 0.242 e. The lowest BCUT2D eigenvalue weighted by Gasteiger charge is -1.95. The van der Waals surface area contributed by atoms with Crippen LogP contribution in [0.5, 0.6) is 0 Å². The number of carbonyl (C=O) groups excluding carboxylic acids is 1. The summed E-state index contributed by atoms with van der Waals surface area (Å²) in [7, 11) is 1.21. The van der Waals surface area contributed by atoms with Gasteiger partial charge in [-0.25, -0.2) is 18.3 Å². The molecule has 0 amide bonds. The van der Waals surface area contributed by atoms with Crippen LogP contribution in [-0.2, 0) is 14.2 Å². The summed E-state index contributed by atoms with van der Waals surface area (Å²) in [6.07, 6.45) is 0. The van der Waals surface area contributed by atoms with Gasteiger partial charge in [0.1, 0.15) is 0 Å². The van der Waals surface area contributed by atoms with Crippen LogP contribution in [0.25, 0.3) is 0 Å². The van der Waals surface area contributed by atoms with Crippen LogP contribution >= 0.6 is 10.7 Å². The van der Waals surface area contributed by atoms with Gasteiger partial charge in [-0.05, 0) is 24.3 Å². The van der Waals surface area contributed by atoms with Crippen LogP contribution in [0.1, 0.15) is 10.4 Å². The van der Waals surface area contributed by atoms with E-state index in [2.05, 4.69) is 0 Å². The Kier molecular flexibility index (Phi) is 2.58.